The van der Waals surface area contributed by atoms with Crippen LogP contribution >= 0.6 is 0 Å². The second kappa shape index (κ2) is 6.83. The Morgan fingerprint density at radius 3 is 1.94 bits per heavy atom. The van der Waals surface area contributed by atoms with Crippen LogP contribution in [0.2, 0.25) is 0 Å². The Morgan fingerprint density at radius 1 is 1.25 bits per heavy atom. The lowest BCUT2D eigenvalue weighted by molar-refractivity contribution is -0.226. The van der Waals surface area contributed by atoms with Crippen LogP contribution in [0.1, 0.15) is 27.7 Å². The number of carboxylic acids is 1. The van der Waals surface area contributed by atoms with Gasteiger partial charge in [-0.15, -0.1) is 0 Å². The molecule has 5 heteroatoms. The largest absolute Gasteiger partial charge is 0.479 e. The van der Waals surface area contributed by atoms with Crippen LogP contribution < -0.4 is 0 Å². The molecule has 0 bridgehead atoms. The molecule has 0 aliphatic rings. The molecule has 0 rings (SSSR count). The second-order valence-corrected chi connectivity index (χ2v) is 4.02. The Morgan fingerprint density at radius 2 is 1.69 bits per heavy atom. The fourth-order valence-electron chi connectivity index (χ4n) is 1.63. The molecule has 0 radical (unpaired) electrons. The molecule has 0 saturated heterocycles. The number of carboxylic acid groups (broad SMARTS) is 1. The van der Waals surface area contributed by atoms with Gasteiger partial charge in [0.05, 0.1) is 5.41 Å². The molecular formula is C11H22O5. The molecule has 1 N–H and O–H groups in total. The lowest BCUT2D eigenvalue weighted by atomic mass is 9.85. The minimum absolute atomic E-state index is 0.462. The van der Waals surface area contributed by atoms with Crippen LogP contribution in [0.4, 0.5) is 0 Å². The fourth-order valence-corrected chi connectivity index (χ4v) is 1.63. The summed E-state index contributed by atoms with van der Waals surface area (Å²) in [6.07, 6.45) is -1.56. The molecule has 16 heavy (non-hydrogen) atoms. The van der Waals surface area contributed by atoms with Crippen molar-refractivity contribution in [1.29, 1.82) is 0 Å². The van der Waals surface area contributed by atoms with Gasteiger partial charge in [-0.1, -0.05) is 13.8 Å². The number of carbonyl (C=O) groups is 1. The first-order chi connectivity index (χ1) is 7.41. The molecule has 0 aromatic rings. The van der Waals surface area contributed by atoms with Crippen LogP contribution in [-0.2, 0) is 19.0 Å². The van der Waals surface area contributed by atoms with Gasteiger partial charge < -0.3 is 19.3 Å². The third-order valence-electron chi connectivity index (χ3n) is 2.38. The Labute approximate surface area is 96.7 Å². The SMILES string of the molecule is CCOC(OCC)C(C)(C)C(OC)C(=O)O. The minimum atomic E-state index is -1.02. The van der Waals surface area contributed by atoms with Crippen molar-refractivity contribution < 1.29 is 24.1 Å². The Kier molecular flexibility index (Phi) is 6.55. The van der Waals surface area contributed by atoms with E-state index in [0.29, 0.717) is 13.2 Å². The molecule has 1 atom stereocenters. The molecule has 0 fully saturated rings. The first-order valence-corrected chi connectivity index (χ1v) is 5.40. The molecule has 0 spiro atoms. The Balaban J connectivity index is 4.84. The summed E-state index contributed by atoms with van der Waals surface area (Å²) < 4.78 is 15.8. The highest BCUT2D eigenvalue weighted by Crippen LogP contribution is 2.30. The molecule has 96 valence electrons. The predicted molar refractivity (Wildman–Crippen MR) is 59.3 cm³/mol. The van der Waals surface area contributed by atoms with Gasteiger partial charge in [0.2, 0.25) is 0 Å². The van der Waals surface area contributed by atoms with Gasteiger partial charge in [0, 0.05) is 20.3 Å². The van der Waals surface area contributed by atoms with Crippen molar-refractivity contribution in [2.75, 3.05) is 20.3 Å². The number of hydrogen-bond acceptors (Lipinski definition) is 4. The summed E-state index contributed by atoms with van der Waals surface area (Å²) in [6, 6.07) is 0. The van der Waals surface area contributed by atoms with Gasteiger partial charge in [-0.3, -0.25) is 0 Å². The minimum Gasteiger partial charge on any atom is -0.479 e. The van der Waals surface area contributed by atoms with Crippen molar-refractivity contribution in [3.05, 3.63) is 0 Å². The van der Waals surface area contributed by atoms with Crippen molar-refractivity contribution in [3.8, 4) is 0 Å². The van der Waals surface area contributed by atoms with Gasteiger partial charge in [-0.2, -0.15) is 0 Å². The van der Waals surface area contributed by atoms with Gasteiger partial charge in [-0.25, -0.2) is 4.79 Å². The highest BCUT2D eigenvalue weighted by Gasteiger charge is 2.43. The molecular weight excluding hydrogens is 212 g/mol. The van der Waals surface area contributed by atoms with Gasteiger partial charge >= 0.3 is 5.97 Å². The van der Waals surface area contributed by atoms with Crippen LogP contribution in [-0.4, -0.2) is 43.8 Å². The summed E-state index contributed by atoms with van der Waals surface area (Å²) in [5.74, 6) is -1.02. The van der Waals surface area contributed by atoms with Crippen molar-refractivity contribution in [2.24, 2.45) is 5.41 Å². The highest BCUT2D eigenvalue weighted by molar-refractivity contribution is 5.73. The van der Waals surface area contributed by atoms with Gasteiger partial charge in [0.1, 0.15) is 0 Å². The zero-order valence-corrected chi connectivity index (χ0v) is 10.6. The number of hydrogen-bond donors (Lipinski definition) is 1. The molecule has 0 amide bonds. The van der Waals surface area contributed by atoms with Crippen LogP contribution in [0.5, 0.6) is 0 Å². The first kappa shape index (κ1) is 15.3. The first-order valence-electron chi connectivity index (χ1n) is 5.40. The monoisotopic (exact) mass is 234 g/mol. The van der Waals surface area contributed by atoms with E-state index in [-0.39, 0.29) is 0 Å². The molecule has 0 saturated carbocycles. The quantitative estimate of drug-likeness (QED) is 0.645. The van der Waals surface area contributed by atoms with Gasteiger partial charge in [0.15, 0.2) is 12.4 Å². The van der Waals surface area contributed by atoms with Gasteiger partial charge in [0.25, 0.3) is 0 Å². The number of rotatable bonds is 8. The summed E-state index contributed by atoms with van der Waals surface area (Å²) in [5.41, 5.74) is -0.757. The normalized spacial score (nSPS) is 14.1. The van der Waals surface area contributed by atoms with E-state index < -0.39 is 23.8 Å². The van der Waals surface area contributed by atoms with Crippen LogP contribution in [0.15, 0.2) is 0 Å². The van der Waals surface area contributed by atoms with Crippen molar-refractivity contribution in [3.63, 3.8) is 0 Å². The van der Waals surface area contributed by atoms with Crippen LogP contribution in [0.25, 0.3) is 0 Å². The highest BCUT2D eigenvalue weighted by atomic mass is 16.7. The zero-order valence-electron chi connectivity index (χ0n) is 10.6. The summed E-state index contributed by atoms with van der Waals surface area (Å²) in [6.45, 7) is 8.11. The maximum absolute atomic E-state index is 11.1. The van der Waals surface area contributed by atoms with E-state index >= 15 is 0 Å². The van der Waals surface area contributed by atoms with E-state index in [0.717, 1.165) is 0 Å². The fraction of sp³-hybridized carbons (Fsp3) is 0.909. The lowest BCUT2D eigenvalue weighted by Gasteiger charge is -2.36. The summed E-state index contributed by atoms with van der Waals surface area (Å²) >= 11 is 0. The van der Waals surface area contributed by atoms with Crippen LogP contribution in [0.3, 0.4) is 0 Å². The molecule has 0 heterocycles. The molecule has 0 aliphatic heterocycles. The Bertz CT molecular complexity index is 208. The summed E-state index contributed by atoms with van der Waals surface area (Å²) in [7, 11) is 1.37. The predicted octanol–water partition coefficient (Wildman–Crippen LogP) is 1.51. The standard InChI is InChI=1S/C11H22O5/c1-6-15-10(16-7-2)11(3,4)8(14-5)9(12)13/h8,10H,6-7H2,1-5H3,(H,12,13). The number of methoxy groups -OCH3 is 1. The van der Waals surface area contributed by atoms with Gasteiger partial charge in [-0.05, 0) is 13.8 Å². The molecule has 0 aromatic heterocycles. The van der Waals surface area contributed by atoms with Crippen molar-refractivity contribution >= 4 is 5.97 Å². The zero-order chi connectivity index (χ0) is 12.8. The second-order valence-electron chi connectivity index (χ2n) is 4.02. The van der Waals surface area contributed by atoms with Crippen molar-refractivity contribution in [1.82, 2.24) is 0 Å². The summed E-state index contributed by atoms with van der Waals surface area (Å²) in [4.78, 5) is 11.1. The van der Waals surface area contributed by atoms with E-state index in [2.05, 4.69) is 0 Å². The molecule has 1 unspecified atom stereocenters. The van der Waals surface area contributed by atoms with E-state index in [1.165, 1.54) is 7.11 Å². The molecule has 0 aliphatic carbocycles. The average molecular weight is 234 g/mol. The molecule has 0 aromatic carbocycles. The third kappa shape index (κ3) is 3.73. The third-order valence-corrected chi connectivity index (χ3v) is 2.38. The molecule has 5 nitrogen and oxygen atoms in total. The summed E-state index contributed by atoms with van der Waals surface area (Å²) in [5, 5.41) is 9.06. The van der Waals surface area contributed by atoms with E-state index in [1.807, 2.05) is 13.8 Å². The van der Waals surface area contributed by atoms with E-state index in [9.17, 15) is 4.79 Å². The maximum Gasteiger partial charge on any atom is 0.333 e. The number of ether oxygens (including phenoxy) is 3. The van der Waals surface area contributed by atoms with E-state index in [4.69, 9.17) is 19.3 Å². The van der Waals surface area contributed by atoms with E-state index in [1.54, 1.807) is 13.8 Å². The Hall–Kier alpha value is -0.650. The van der Waals surface area contributed by atoms with Crippen LogP contribution in [0, 0.1) is 5.41 Å². The van der Waals surface area contributed by atoms with Crippen molar-refractivity contribution in [2.45, 2.75) is 40.1 Å². The topological polar surface area (TPSA) is 65.0 Å². The number of aliphatic carboxylic acids is 1. The lowest BCUT2D eigenvalue weighted by Crippen LogP contribution is -2.48. The smallest absolute Gasteiger partial charge is 0.333 e. The average Bonchev–Trinajstić information content (AvgIpc) is 2.17. The maximum atomic E-state index is 11.1.